The van der Waals surface area contributed by atoms with E-state index >= 15 is 0 Å². The summed E-state index contributed by atoms with van der Waals surface area (Å²) in [6, 6.07) is 3.10. The number of nitrogens with one attached hydrogen (secondary N) is 1. The fourth-order valence-corrected chi connectivity index (χ4v) is 2.79. The van der Waals surface area contributed by atoms with E-state index in [1.807, 2.05) is 0 Å². The van der Waals surface area contributed by atoms with Gasteiger partial charge in [-0.15, -0.1) is 0 Å². The second-order valence-electron chi connectivity index (χ2n) is 6.46. The van der Waals surface area contributed by atoms with Gasteiger partial charge >= 0.3 is 0 Å². The van der Waals surface area contributed by atoms with Gasteiger partial charge in [0.15, 0.2) is 5.82 Å². The molecule has 0 fully saturated rings. The van der Waals surface area contributed by atoms with Crippen molar-refractivity contribution < 1.29 is 9.32 Å². The predicted molar refractivity (Wildman–Crippen MR) is 93.7 cm³/mol. The summed E-state index contributed by atoms with van der Waals surface area (Å²) in [7, 11) is 0. The maximum absolute atomic E-state index is 12.7. The molecule has 0 aromatic carbocycles. The summed E-state index contributed by atoms with van der Waals surface area (Å²) < 4.78 is 6.94. The molecule has 0 radical (unpaired) electrons. The Balaban J connectivity index is 1.81. The van der Waals surface area contributed by atoms with Crippen molar-refractivity contribution in [3.8, 4) is 0 Å². The molecule has 0 aliphatic carbocycles. The SMILES string of the molecule is Cc1nc2ccc(Cl)cn2c1C(=O)NC(C)c1nc(CC(C)C)no1. The van der Waals surface area contributed by atoms with Crippen molar-refractivity contribution in [1.29, 1.82) is 0 Å². The molecule has 3 rings (SSSR count). The molecule has 3 aromatic heterocycles. The van der Waals surface area contributed by atoms with Gasteiger partial charge in [0.2, 0.25) is 5.89 Å². The number of amides is 1. The summed E-state index contributed by atoms with van der Waals surface area (Å²) in [5.41, 5.74) is 1.72. The van der Waals surface area contributed by atoms with Crippen LogP contribution < -0.4 is 5.32 Å². The number of carbonyl (C=O) groups excluding carboxylic acids is 1. The molecule has 0 spiro atoms. The van der Waals surface area contributed by atoms with E-state index in [-0.39, 0.29) is 5.91 Å². The first-order valence-corrected chi connectivity index (χ1v) is 8.50. The lowest BCUT2D eigenvalue weighted by Gasteiger charge is -2.10. The highest BCUT2D eigenvalue weighted by atomic mass is 35.5. The smallest absolute Gasteiger partial charge is 0.270 e. The Bertz CT molecular complexity index is 915. The van der Waals surface area contributed by atoms with Gasteiger partial charge in [0.25, 0.3) is 5.91 Å². The van der Waals surface area contributed by atoms with Crippen molar-refractivity contribution in [2.24, 2.45) is 5.92 Å². The van der Waals surface area contributed by atoms with Crippen LogP contribution in [0, 0.1) is 12.8 Å². The van der Waals surface area contributed by atoms with E-state index in [9.17, 15) is 4.79 Å². The lowest BCUT2D eigenvalue weighted by molar-refractivity contribution is 0.0926. The average molecular weight is 362 g/mol. The lowest BCUT2D eigenvalue weighted by Crippen LogP contribution is -2.28. The minimum Gasteiger partial charge on any atom is -0.339 e. The molecular formula is C17H20ClN5O2. The number of hydrogen-bond acceptors (Lipinski definition) is 5. The Hall–Kier alpha value is -2.41. The zero-order chi connectivity index (χ0) is 18.1. The fourth-order valence-electron chi connectivity index (χ4n) is 2.63. The van der Waals surface area contributed by atoms with Crippen LogP contribution in [-0.2, 0) is 6.42 Å². The molecule has 0 saturated carbocycles. The van der Waals surface area contributed by atoms with Crippen LogP contribution in [-0.4, -0.2) is 25.4 Å². The van der Waals surface area contributed by atoms with E-state index in [2.05, 4.69) is 34.3 Å². The number of aryl methyl sites for hydroxylation is 1. The number of rotatable bonds is 5. The molecule has 25 heavy (non-hydrogen) atoms. The van der Waals surface area contributed by atoms with Crippen LogP contribution in [0.15, 0.2) is 22.9 Å². The average Bonchev–Trinajstić information content (AvgIpc) is 3.10. The molecule has 0 aliphatic heterocycles. The van der Waals surface area contributed by atoms with E-state index < -0.39 is 6.04 Å². The largest absolute Gasteiger partial charge is 0.339 e. The van der Waals surface area contributed by atoms with Crippen LogP contribution >= 0.6 is 11.6 Å². The van der Waals surface area contributed by atoms with Crippen molar-refractivity contribution >= 4 is 23.2 Å². The third kappa shape index (κ3) is 3.66. The Kier molecular flexibility index (Phi) is 4.76. The van der Waals surface area contributed by atoms with Crippen LogP contribution in [0.3, 0.4) is 0 Å². The first kappa shape index (κ1) is 17.4. The van der Waals surface area contributed by atoms with E-state index in [0.29, 0.717) is 39.7 Å². The molecule has 132 valence electrons. The van der Waals surface area contributed by atoms with Crippen LogP contribution in [0.5, 0.6) is 0 Å². The molecule has 1 amide bonds. The first-order valence-electron chi connectivity index (χ1n) is 8.12. The second kappa shape index (κ2) is 6.84. The van der Waals surface area contributed by atoms with Crippen LogP contribution in [0.25, 0.3) is 5.65 Å². The zero-order valence-electron chi connectivity index (χ0n) is 14.6. The number of halogens is 1. The van der Waals surface area contributed by atoms with Gasteiger partial charge in [-0.3, -0.25) is 9.20 Å². The fraction of sp³-hybridized carbons (Fsp3) is 0.412. The van der Waals surface area contributed by atoms with Crippen molar-refractivity contribution in [3.05, 3.63) is 46.5 Å². The highest BCUT2D eigenvalue weighted by Gasteiger charge is 2.22. The monoisotopic (exact) mass is 361 g/mol. The van der Waals surface area contributed by atoms with Gasteiger partial charge in [-0.25, -0.2) is 4.98 Å². The number of carbonyl (C=O) groups is 1. The topological polar surface area (TPSA) is 85.3 Å². The molecule has 0 bridgehead atoms. The number of imidazole rings is 1. The molecule has 7 nitrogen and oxygen atoms in total. The number of fused-ring (bicyclic) bond motifs is 1. The molecule has 1 unspecified atom stereocenters. The summed E-state index contributed by atoms with van der Waals surface area (Å²) in [6.07, 6.45) is 2.40. The minimum atomic E-state index is -0.412. The maximum Gasteiger partial charge on any atom is 0.270 e. The zero-order valence-corrected chi connectivity index (χ0v) is 15.3. The van der Waals surface area contributed by atoms with Crippen LogP contribution in [0.4, 0.5) is 0 Å². The van der Waals surface area contributed by atoms with Gasteiger partial charge in [-0.1, -0.05) is 30.6 Å². The number of nitrogens with zero attached hydrogens (tertiary/aromatic N) is 4. The predicted octanol–water partition coefficient (Wildman–Crippen LogP) is 3.37. The molecule has 3 aromatic rings. The number of hydrogen-bond donors (Lipinski definition) is 1. The third-order valence-corrected chi connectivity index (χ3v) is 3.99. The van der Waals surface area contributed by atoms with Crippen LogP contribution in [0.1, 0.15) is 54.7 Å². The lowest BCUT2D eigenvalue weighted by atomic mass is 10.1. The number of aromatic nitrogens is 4. The molecular weight excluding hydrogens is 342 g/mol. The summed E-state index contributed by atoms with van der Waals surface area (Å²) in [5.74, 6) is 1.18. The summed E-state index contributed by atoms with van der Waals surface area (Å²) in [5, 5.41) is 7.36. The molecule has 1 N–H and O–H groups in total. The summed E-state index contributed by atoms with van der Waals surface area (Å²) >= 11 is 6.04. The summed E-state index contributed by atoms with van der Waals surface area (Å²) in [6.45, 7) is 7.75. The Labute approximate surface area is 150 Å². The highest BCUT2D eigenvalue weighted by molar-refractivity contribution is 6.30. The Morgan fingerprint density at radius 2 is 2.08 bits per heavy atom. The van der Waals surface area contributed by atoms with Crippen molar-refractivity contribution in [2.75, 3.05) is 0 Å². The van der Waals surface area contributed by atoms with Crippen molar-refractivity contribution in [1.82, 2.24) is 24.8 Å². The quantitative estimate of drug-likeness (QED) is 0.753. The van der Waals surface area contributed by atoms with Gasteiger partial charge in [0.1, 0.15) is 17.4 Å². The third-order valence-electron chi connectivity index (χ3n) is 3.76. The first-order chi connectivity index (χ1) is 11.8. The molecule has 1 atom stereocenters. The molecule has 0 saturated heterocycles. The van der Waals surface area contributed by atoms with Crippen LogP contribution in [0.2, 0.25) is 5.02 Å². The summed E-state index contributed by atoms with van der Waals surface area (Å²) in [4.78, 5) is 21.4. The van der Waals surface area contributed by atoms with Gasteiger partial charge in [0.05, 0.1) is 10.7 Å². The van der Waals surface area contributed by atoms with E-state index in [1.54, 1.807) is 36.6 Å². The van der Waals surface area contributed by atoms with Gasteiger partial charge in [-0.05, 0) is 31.9 Å². The Morgan fingerprint density at radius 3 is 2.80 bits per heavy atom. The van der Waals surface area contributed by atoms with Crippen molar-refractivity contribution in [2.45, 2.75) is 40.2 Å². The molecule has 8 heteroatoms. The van der Waals surface area contributed by atoms with Gasteiger partial charge in [-0.2, -0.15) is 4.98 Å². The normalized spacial score (nSPS) is 12.7. The second-order valence-corrected chi connectivity index (χ2v) is 6.90. The molecule has 3 heterocycles. The standard InChI is InChI=1S/C17H20ClN5O2/c1-9(2)7-13-21-17(25-22-13)11(4)20-16(24)15-10(3)19-14-6-5-12(18)8-23(14)15/h5-6,8-9,11H,7H2,1-4H3,(H,20,24). The van der Waals surface area contributed by atoms with E-state index in [0.717, 1.165) is 6.42 Å². The van der Waals surface area contributed by atoms with Gasteiger partial charge in [0, 0.05) is 12.6 Å². The van der Waals surface area contributed by atoms with Gasteiger partial charge < -0.3 is 9.84 Å². The number of pyridine rings is 1. The maximum atomic E-state index is 12.7. The van der Waals surface area contributed by atoms with E-state index in [4.69, 9.17) is 16.1 Å². The van der Waals surface area contributed by atoms with Crippen molar-refractivity contribution in [3.63, 3.8) is 0 Å². The highest BCUT2D eigenvalue weighted by Crippen LogP contribution is 2.18. The Morgan fingerprint density at radius 1 is 1.32 bits per heavy atom. The minimum absolute atomic E-state index is 0.275. The van der Waals surface area contributed by atoms with E-state index in [1.165, 1.54) is 0 Å². The molecule has 0 aliphatic rings.